The van der Waals surface area contributed by atoms with Gasteiger partial charge in [0.05, 0.1) is 4.90 Å². The van der Waals surface area contributed by atoms with E-state index in [1.807, 2.05) is 43.3 Å². The van der Waals surface area contributed by atoms with Gasteiger partial charge in [-0.25, -0.2) is 8.42 Å². The second-order valence-electron chi connectivity index (χ2n) is 8.97. The highest BCUT2D eigenvalue weighted by molar-refractivity contribution is 7.89. The lowest BCUT2D eigenvalue weighted by Crippen LogP contribution is -2.30. The lowest BCUT2D eigenvalue weighted by molar-refractivity contribution is 0.443. The summed E-state index contributed by atoms with van der Waals surface area (Å²) < 4.78 is 28.5. The zero-order valence-electron chi connectivity index (χ0n) is 19.0. The molecule has 4 aromatic rings. The molecule has 0 spiro atoms. The number of sulfonamides is 1. The molecule has 0 bridgehead atoms. The Kier molecular flexibility index (Phi) is 5.47. The van der Waals surface area contributed by atoms with Gasteiger partial charge in [0.1, 0.15) is 0 Å². The number of hydrogen-bond acceptors (Lipinski definition) is 2. The maximum Gasteiger partial charge on any atom is 0.243 e. The molecule has 2 atom stereocenters. The van der Waals surface area contributed by atoms with Crippen molar-refractivity contribution >= 4 is 20.9 Å². The molecule has 1 fully saturated rings. The van der Waals surface area contributed by atoms with Crippen LogP contribution in [0.1, 0.15) is 28.3 Å². The Labute approximate surface area is 195 Å². The minimum absolute atomic E-state index is 0.00747. The van der Waals surface area contributed by atoms with Gasteiger partial charge in [0, 0.05) is 41.5 Å². The van der Waals surface area contributed by atoms with Crippen molar-refractivity contribution in [1.29, 1.82) is 0 Å². The van der Waals surface area contributed by atoms with Crippen LogP contribution in [-0.2, 0) is 10.0 Å². The van der Waals surface area contributed by atoms with Crippen LogP contribution in [-0.4, -0.2) is 30.8 Å². The average molecular weight is 457 g/mol. The molecule has 5 rings (SSSR count). The quantitative estimate of drug-likeness (QED) is 0.386. The van der Waals surface area contributed by atoms with Crippen molar-refractivity contribution in [3.63, 3.8) is 0 Å². The number of H-pyrrole nitrogens is 1. The number of para-hydroxylation sites is 1. The largest absolute Gasteiger partial charge is 0.358 e. The zero-order chi connectivity index (χ0) is 23.2. The summed E-state index contributed by atoms with van der Waals surface area (Å²) in [5.41, 5.74) is 6.58. The Hall–Kier alpha value is -3.15. The van der Waals surface area contributed by atoms with Crippen LogP contribution < -0.4 is 0 Å². The van der Waals surface area contributed by atoms with E-state index in [1.54, 1.807) is 16.4 Å². The van der Waals surface area contributed by atoms with Crippen molar-refractivity contribution in [1.82, 2.24) is 9.29 Å². The molecule has 1 aliphatic rings. The van der Waals surface area contributed by atoms with Crippen molar-refractivity contribution in [2.75, 3.05) is 13.1 Å². The molecule has 3 aromatic carbocycles. The Morgan fingerprint density at radius 3 is 2.33 bits per heavy atom. The highest BCUT2D eigenvalue weighted by Crippen LogP contribution is 2.44. The number of fused-ring (bicyclic) bond motifs is 1. The second kappa shape index (κ2) is 8.32. The van der Waals surface area contributed by atoms with E-state index >= 15 is 0 Å². The van der Waals surface area contributed by atoms with E-state index in [2.05, 4.69) is 48.8 Å². The van der Waals surface area contributed by atoms with Gasteiger partial charge in [-0.05, 0) is 43.2 Å². The van der Waals surface area contributed by atoms with Gasteiger partial charge in [-0.1, -0.05) is 78.4 Å². The summed E-state index contributed by atoms with van der Waals surface area (Å²) in [5.74, 6) is -0.0152. The SMILES string of the molecule is C=C1CN(S(=O)(=O)c2ccc(C)cc2)C[C@@H]1[C@H](c1ccccc1)c1c(C)[nH]c2ccccc12. The molecule has 33 heavy (non-hydrogen) atoms. The van der Waals surface area contributed by atoms with Gasteiger partial charge >= 0.3 is 0 Å². The topological polar surface area (TPSA) is 53.2 Å². The van der Waals surface area contributed by atoms with E-state index in [9.17, 15) is 8.42 Å². The van der Waals surface area contributed by atoms with E-state index in [0.29, 0.717) is 18.0 Å². The lowest BCUT2D eigenvalue weighted by Gasteiger charge is -2.26. The molecule has 1 aromatic heterocycles. The normalized spacial score (nSPS) is 18.1. The third-order valence-corrected chi connectivity index (χ3v) is 8.60. The third-order valence-electron chi connectivity index (χ3n) is 6.78. The molecule has 0 unspecified atom stereocenters. The summed E-state index contributed by atoms with van der Waals surface area (Å²) in [6.45, 7) is 9.16. The van der Waals surface area contributed by atoms with Crippen molar-refractivity contribution < 1.29 is 8.42 Å². The first-order chi connectivity index (χ1) is 15.9. The number of nitrogens with one attached hydrogen (secondary N) is 1. The molecule has 2 heterocycles. The maximum absolute atomic E-state index is 13.4. The monoisotopic (exact) mass is 456 g/mol. The number of hydrogen-bond donors (Lipinski definition) is 1. The summed E-state index contributed by atoms with van der Waals surface area (Å²) in [7, 11) is -3.59. The van der Waals surface area contributed by atoms with Gasteiger partial charge in [0.15, 0.2) is 0 Å². The fraction of sp³-hybridized carbons (Fsp3) is 0.214. The van der Waals surface area contributed by atoms with Crippen LogP contribution in [0, 0.1) is 19.8 Å². The van der Waals surface area contributed by atoms with Crippen molar-refractivity contribution in [2.45, 2.75) is 24.7 Å². The Morgan fingerprint density at radius 1 is 0.939 bits per heavy atom. The van der Waals surface area contributed by atoms with Gasteiger partial charge in [-0.15, -0.1) is 0 Å². The minimum Gasteiger partial charge on any atom is -0.358 e. The maximum atomic E-state index is 13.4. The number of aryl methyl sites for hydroxylation is 2. The fourth-order valence-electron chi connectivity index (χ4n) is 5.10. The summed E-state index contributed by atoms with van der Waals surface area (Å²) in [6.07, 6.45) is 0. The van der Waals surface area contributed by atoms with Gasteiger partial charge in [-0.2, -0.15) is 4.31 Å². The highest BCUT2D eigenvalue weighted by atomic mass is 32.2. The first-order valence-corrected chi connectivity index (χ1v) is 12.7. The highest BCUT2D eigenvalue weighted by Gasteiger charge is 2.40. The number of aromatic nitrogens is 1. The third kappa shape index (κ3) is 3.81. The Morgan fingerprint density at radius 2 is 1.61 bits per heavy atom. The molecule has 5 heteroatoms. The van der Waals surface area contributed by atoms with E-state index in [-0.39, 0.29) is 11.8 Å². The summed E-state index contributed by atoms with van der Waals surface area (Å²) >= 11 is 0. The molecule has 1 saturated heterocycles. The average Bonchev–Trinajstić information content (AvgIpc) is 3.36. The smallest absolute Gasteiger partial charge is 0.243 e. The minimum atomic E-state index is -3.59. The lowest BCUT2D eigenvalue weighted by atomic mass is 9.77. The van der Waals surface area contributed by atoms with Crippen molar-refractivity contribution in [3.05, 3.63) is 113 Å². The number of rotatable bonds is 5. The molecule has 4 nitrogen and oxygen atoms in total. The van der Waals surface area contributed by atoms with E-state index < -0.39 is 10.0 Å². The Balaban J connectivity index is 1.59. The first kappa shape index (κ1) is 21.7. The second-order valence-corrected chi connectivity index (χ2v) is 10.9. The van der Waals surface area contributed by atoms with Crippen molar-refractivity contribution in [2.24, 2.45) is 5.92 Å². The van der Waals surface area contributed by atoms with Gasteiger partial charge in [-0.3, -0.25) is 0 Å². The van der Waals surface area contributed by atoms with Crippen molar-refractivity contribution in [3.8, 4) is 0 Å². The van der Waals surface area contributed by atoms with E-state index in [1.165, 1.54) is 16.5 Å². The van der Waals surface area contributed by atoms with Crippen LogP contribution in [0.3, 0.4) is 0 Å². The van der Waals surface area contributed by atoms with Crippen LogP contribution in [0.5, 0.6) is 0 Å². The molecule has 1 N–H and O–H groups in total. The van der Waals surface area contributed by atoms with Gasteiger partial charge < -0.3 is 4.98 Å². The molecule has 0 saturated carbocycles. The van der Waals surface area contributed by atoms with Crippen LogP contribution in [0.2, 0.25) is 0 Å². The summed E-state index contributed by atoms with van der Waals surface area (Å²) in [6, 6.07) is 25.8. The zero-order valence-corrected chi connectivity index (χ0v) is 19.8. The van der Waals surface area contributed by atoms with E-state index in [4.69, 9.17) is 0 Å². The van der Waals surface area contributed by atoms with Crippen LogP contribution >= 0.6 is 0 Å². The number of aromatic amines is 1. The Bertz CT molecular complexity index is 1420. The van der Waals surface area contributed by atoms with E-state index in [0.717, 1.165) is 22.3 Å². The molecule has 168 valence electrons. The van der Waals surface area contributed by atoms with Crippen LogP contribution in [0.15, 0.2) is 95.9 Å². The molecule has 0 amide bonds. The molecule has 0 radical (unpaired) electrons. The molecule has 1 aliphatic heterocycles. The molecular weight excluding hydrogens is 428 g/mol. The summed E-state index contributed by atoms with van der Waals surface area (Å²) in [4.78, 5) is 3.86. The first-order valence-electron chi connectivity index (χ1n) is 11.2. The standard InChI is InChI=1S/C28H28N2O2S/c1-19-13-15-23(16-14-19)33(31,32)30-17-20(2)25(18-30)28(22-9-5-4-6-10-22)27-21(3)29-26-12-8-7-11-24(26)27/h4-16,25,28-29H,2,17-18H2,1,3H3/t25-,28-/m0/s1. The number of benzene rings is 3. The predicted molar refractivity (Wildman–Crippen MR) is 134 cm³/mol. The summed E-state index contributed by atoms with van der Waals surface area (Å²) in [5, 5.41) is 1.18. The van der Waals surface area contributed by atoms with Gasteiger partial charge in [0.2, 0.25) is 10.0 Å². The number of nitrogens with zero attached hydrogens (tertiary/aromatic N) is 1. The van der Waals surface area contributed by atoms with Crippen LogP contribution in [0.25, 0.3) is 10.9 Å². The van der Waals surface area contributed by atoms with Gasteiger partial charge in [0.25, 0.3) is 0 Å². The molecular formula is C28H28N2O2S. The van der Waals surface area contributed by atoms with Crippen LogP contribution in [0.4, 0.5) is 0 Å². The fourth-order valence-corrected chi connectivity index (χ4v) is 6.57. The predicted octanol–water partition coefficient (Wildman–Crippen LogP) is 5.79. The molecule has 0 aliphatic carbocycles.